The molecule has 0 aliphatic rings. The van der Waals surface area contributed by atoms with E-state index < -0.39 is 21.7 Å². The van der Waals surface area contributed by atoms with Gasteiger partial charge in [0.2, 0.25) is 15.9 Å². The normalized spacial score (nSPS) is 11.2. The summed E-state index contributed by atoms with van der Waals surface area (Å²) in [5.74, 6) is -2.57. The van der Waals surface area contributed by atoms with Crippen molar-refractivity contribution in [1.82, 2.24) is 5.32 Å². The molecule has 1 N–H and O–H groups in total. The minimum atomic E-state index is -3.75. The van der Waals surface area contributed by atoms with Gasteiger partial charge in [-0.05, 0) is 24.6 Å². The van der Waals surface area contributed by atoms with Crippen LogP contribution >= 0.6 is 0 Å². The van der Waals surface area contributed by atoms with Crippen LogP contribution in [0.15, 0.2) is 42.5 Å². The molecule has 5 nitrogen and oxygen atoms in total. The first-order valence-electron chi connectivity index (χ1n) is 7.92. The summed E-state index contributed by atoms with van der Waals surface area (Å²) in [5, 5.41) is 2.71. The van der Waals surface area contributed by atoms with Crippen LogP contribution in [0, 0.1) is 18.6 Å². The zero-order chi connectivity index (χ0) is 19.3. The van der Waals surface area contributed by atoms with Crippen LogP contribution in [0.3, 0.4) is 0 Å². The first kappa shape index (κ1) is 19.8. The van der Waals surface area contributed by atoms with Crippen LogP contribution in [0.25, 0.3) is 0 Å². The average molecular weight is 382 g/mol. The zero-order valence-electron chi connectivity index (χ0n) is 14.5. The van der Waals surface area contributed by atoms with E-state index >= 15 is 0 Å². The number of anilines is 1. The van der Waals surface area contributed by atoms with Crippen molar-refractivity contribution in [2.75, 3.05) is 17.1 Å². The smallest absolute Gasteiger partial charge is 0.232 e. The lowest BCUT2D eigenvalue weighted by Gasteiger charge is -2.22. The molecular weight excluding hydrogens is 362 g/mol. The van der Waals surface area contributed by atoms with E-state index in [4.69, 9.17) is 0 Å². The maximum absolute atomic E-state index is 13.4. The minimum Gasteiger partial charge on any atom is -0.352 e. The molecule has 2 rings (SSSR count). The number of sulfonamides is 1. The molecule has 0 aromatic heterocycles. The van der Waals surface area contributed by atoms with Crippen LogP contribution in [0.2, 0.25) is 0 Å². The molecule has 0 spiro atoms. The molecule has 140 valence electrons. The Hall–Kier alpha value is -2.48. The molecule has 0 atom stereocenters. The number of rotatable bonds is 7. The Bertz CT molecular complexity index is 901. The molecule has 0 saturated heterocycles. The van der Waals surface area contributed by atoms with Gasteiger partial charge in [-0.1, -0.05) is 29.8 Å². The number of amides is 1. The summed E-state index contributed by atoms with van der Waals surface area (Å²) >= 11 is 0. The highest BCUT2D eigenvalue weighted by Crippen LogP contribution is 2.20. The number of halogens is 2. The largest absolute Gasteiger partial charge is 0.352 e. The fraction of sp³-hybridized carbons (Fsp3) is 0.278. The van der Waals surface area contributed by atoms with Crippen LogP contribution in [0.4, 0.5) is 14.5 Å². The number of hydrogen-bond donors (Lipinski definition) is 1. The lowest BCUT2D eigenvalue weighted by atomic mass is 10.1. The maximum Gasteiger partial charge on any atom is 0.232 e. The van der Waals surface area contributed by atoms with Crippen molar-refractivity contribution in [3.8, 4) is 0 Å². The van der Waals surface area contributed by atoms with Gasteiger partial charge >= 0.3 is 0 Å². The van der Waals surface area contributed by atoms with E-state index in [0.29, 0.717) is 6.54 Å². The monoisotopic (exact) mass is 382 g/mol. The van der Waals surface area contributed by atoms with Crippen molar-refractivity contribution >= 4 is 21.6 Å². The Balaban J connectivity index is 2.00. The molecular formula is C18H20F2N2O3S. The van der Waals surface area contributed by atoms with Gasteiger partial charge in [-0.25, -0.2) is 17.2 Å². The van der Waals surface area contributed by atoms with E-state index in [1.54, 1.807) is 0 Å². The second kappa shape index (κ2) is 8.27. The molecule has 0 fully saturated rings. The summed E-state index contributed by atoms with van der Waals surface area (Å²) in [4.78, 5) is 12.0. The Morgan fingerprint density at radius 2 is 1.85 bits per heavy atom. The highest BCUT2D eigenvalue weighted by atomic mass is 32.2. The molecule has 0 unspecified atom stereocenters. The number of hydrogen-bond acceptors (Lipinski definition) is 3. The molecule has 0 bridgehead atoms. The molecule has 0 saturated carbocycles. The number of nitrogens with zero attached hydrogens (tertiary/aromatic N) is 1. The summed E-state index contributed by atoms with van der Waals surface area (Å²) in [5.41, 5.74) is 1.97. The topological polar surface area (TPSA) is 66.5 Å². The molecule has 2 aromatic carbocycles. The van der Waals surface area contributed by atoms with Crippen molar-refractivity contribution in [3.05, 3.63) is 65.2 Å². The SMILES string of the molecule is Cc1cccc(CNC(=O)CCN(c2ccc(F)c(F)c2)S(C)(=O)=O)c1. The Labute approximate surface area is 151 Å². The van der Waals surface area contributed by atoms with Crippen LogP contribution in [-0.4, -0.2) is 27.1 Å². The summed E-state index contributed by atoms with van der Waals surface area (Å²) in [6, 6.07) is 10.4. The van der Waals surface area contributed by atoms with Gasteiger partial charge in [0.05, 0.1) is 11.9 Å². The second-order valence-corrected chi connectivity index (χ2v) is 7.86. The van der Waals surface area contributed by atoms with Crippen molar-refractivity contribution in [3.63, 3.8) is 0 Å². The second-order valence-electron chi connectivity index (χ2n) is 5.95. The quantitative estimate of drug-likeness (QED) is 0.801. The first-order valence-corrected chi connectivity index (χ1v) is 9.76. The van der Waals surface area contributed by atoms with Gasteiger partial charge in [0.1, 0.15) is 0 Å². The van der Waals surface area contributed by atoms with Gasteiger partial charge in [0.15, 0.2) is 11.6 Å². The standard InChI is InChI=1S/C18H20F2N2O3S/c1-13-4-3-5-14(10-13)12-21-18(23)8-9-22(26(2,24)25)15-6-7-16(19)17(20)11-15/h3-7,10-11H,8-9,12H2,1-2H3,(H,21,23). The molecule has 2 aromatic rings. The molecule has 0 radical (unpaired) electrons. The fourth-order valence-electron chi connectivity index (χ4n) is 2.44. The molecule has 26 heavy (non-hydrogen) atoms. The average Bonchev–Trinajstić information content (AvgIpc) is 2.55. The lowest BCUT2D eigenvalue weighted by molar-refractivity contribution is -0.121. The molecule has 0 aliphatic carbocycles. The van der Waals surface area contributed by atoms with Crippen LogP contribution in [0.1, 0.15) is 17.5 Å². The Kier molecular flexibility index (Phi) is 6.31. The third-order valence-electron chi connectivity index (χ3n) is 3.71. The van der Waals surface area contributed by atoms with Gasteiger partial charge in [0.25, 0.3) is 0 Å². The van der Waals surface area contributed by atoms with E-state index in [1.165, 1.54) is 0 Å². The van der Waals surface area contributed by atoms with Crippen LogP contribution in [0.5, 0.6) is 0 Å². The van der Waals surface area contributed by atoms with E-state index in [9.17, 15) is 22.0 Å². The highest BCUT2D eigenvalue weighted by molar-refractivity contribution is 7.92. The minimum absolute atomic E-state index is 0.0297. The van der Waals surface area contributed by atoms with Crippen molar-refractivity contribution in [1.29, 1.82) is 0 Å². The summed E-state index contributed by atoms with van der Waals surface area (Å²) in [6.45, 7) is 2.09. The van der Waals surface area contributed by atoms with Crippen molar-refractivity contribution < 1.29 is 22.0 Å². The third-order valence-corrected chi connectivity index (χ3v) is 4.90. The molecule has 0 heterocycles. The van der Waals surface area contributed by atoms with Crippen LogP contribution in [-0.2, 0) is 21.4 Å². The third kappa shape index (κ3) is 5.52. The number of carbonyl (C=O) groups excluding carboxylic acids is 1. The van der Waals surface area contributed by atoms with Crippen molar-refractivity contribution in [2.24, 2.45) is 0 Å². The molecule has 1 amide bonds. The summed E-state index contributed by atoms with van der Waals surface area (Å²) in [7, 11) is -3.75. The molecule has 8 heteroatoms. The highest BCUT2D eigenvalue weighted by Gasteiger charge is 2.20. The van der Waals surface area contributed by atoms with Gasteiger partial charge in [-0.3, -0.25) is 9.10 Å². The Morgan fingerprint density at radius 3 is 2.46 bits per heavy atom. The lowest BCUT2D eigenvalue weighted by Crippen LogP contribution is -2.34. The number of benzene rings is 2. The van der Waals surface area contributed by atoms with E-state index in [-0.39, 0.29) is 24.6 Å². The van der Waals surface area contributed by atoms with E-state index in [0.717, 1.165) is 39.9 Å². The zero-order valence-corrected chi connectivity index (χ0v) is 15.3. The summed E-state index contributed by atoms with van der Waals surface area (Å²) < 4.78 is 51.2. The van der Waals surface area contributed by atoms with Gasteiger partial charge in [-0.15, -0.1) is 0 Å². The number of nitrogens with one attached hydrogen (secondary N) is 1. The van der Waals surface area contributed by atoms with Gasteiger partial charge < -0.3 is 5.32 Å². The van der Waals surface area contributed by atoms with Gasteiger partial charge in [-0.2, -0.15) is 0 Å². The van der Waals surface area contributed by atoms with E-state index in [2.05, 4.69) is 5.32 Å². The maximum atomic E-state index is 13.4. The fourth-order valence-corrected chi connectivity index (χ4v) is 3.36. The number of carbonyl (C=O) groups is 1. The predicted molar refractivity (Wildman–Crippen MR) is 96.2 cm³/mol. The Morgan fingerprint density at radius 1 is 1.12 bits per heavy atom. The number of aryl methyl sites for hydroxylation is 1. The van der Waals surface area contributed by atoms with E-state index in [1.807, 2.05) is 31.2 Å². The van der Waals surface area contributed by atoms with Crippen molar-refractivity contribution in [2.45, 2.75) is 19.9 Å². The first-order chi connectivity index (χ1) is 12.2. The van der Waals surface area contributed by atoms with Gasteiger partial charge in [0, 0.05) is 25.6 Å². The predicted octanol–water partition coefficient (Wildman–Crippen LogP) is 2.75. The summed E-state index contributed by atoms with van der Waals surface area (Å²) in [6.07, 6.45) is 0.830. The van der Waals surface area contributed by atoms with Crippen LogP contribution < -0.4 is 9.62 Å². The molecule has 0 aliphatic heterocycles.